The van der Waals surface area contributed by atoms with Crippen molar-refractivity contribution < 1.29 is 0 Å². The SMILES string of the molecule is O=c1sc2ccccc2c(=O)n1C1CC1. The zero-order valence-corrected chi connectivity index (χ0v) is 8.79. The van der Waals surface area contributed by atoms with E-state index in [1.54, 1.807) is 6.07 Å². The van der Waals surface area contributed by atoms with Gasteiger partial charge in [0.15, 0.2) is 0 Å². The van der Waals surface area contributed by atoms with Crippen LogP contribution in [0.3, 0.4) is 0 Å². The fraction of sp³-hybridized carbons (Fsp3) is 0.273. The molecule has 3 rings (SSSR count). The van der Waals surface area contributed by atoms with Gasteiger partial charge in [0.05, 0.1) is 5.39 Å². The first-order valence-corrected chi connectivity index (χ1v) is 5.73. The Morgan fingerprint density at radius 3 is 2.67 bits per heavy atom. The van der Waals surface area contributed by atoms with Gasteiger partial charge in [0.25, 0.3) is 5.56 Å². The predicted molar refractivity (Wildman–Crippen MR) is 60.6 cm³/mol. The average molecular weight is 219 g/mol. The summed E-state index contributed by atoms with van der Waals surface area (Å²) in [5.41, 5.74) is -0.128. The molecule has 1 aliphatic carbocycles. The number of hydrogen-bond donors (Lipinski definition) is 0. The van der Waals surface area contributed by atoms with Crippen LogP contribution in [0.4, 0.5) is 0 Å². The molecule has 1 fully saturated rings. The summed E-state index contributed by atoms with van der Waals surface area (Å²) in [4.78, 5) is 23.6. The Kier molecular flexibility index (Phi) is 1.79. The molecule has 4 heteroatoms. The van der Waals surface area contributed by atoms with Crippen molar-refractivity contribution in [2.45, 2.75) is 18.9 Å². The van der Waals surface area contributed by atoms with Crippen LogP contribution >= 0.6 is 11.3 Å². The number of rotatable bonds is 1. The Hall–Kier alpha value is -1.42. The van der Waals surface area contributed by atoms with E-state index in [2.05, 4.69) is 0 Å². The van der Waals surface area contributed by atoms with Crippen LogP contribution in [-0.4, -0.2) is 4.57 Å². The number of aromatic nitrogens is 1. The van der Waals surface area contributed by atoms with Crippen LogP contribution < -0.4 is 10.4 Å². The predicted octanol–water partition coefficient (Wildman–Crippen LogP) is 1.76. The van der Waals surface area contributed by atoms with Crippen molar-refractivity contribution in [3.8, 4) is 0 Å². The van der Waals surface area contributed by atoms with Crippen LogP contribution in [0.1, 0.15) is 18.9 Å². The third-order valence-electron chi connectivity index (χ3n) is 2.64. The first-order valence-electron chi connectivity index (χ1n) is 4.92. The smallest absolute Gasteiger partial charge is 0.269 e. The molecule has 1 saturated carbocycles. The minimum Gasteiger partial charge on any atom is -0.269 e. The van der Waals surface area contributed by atoms with Crippen molar-refractivity contribution in [2.75, 3.05) is 0 Å². The van der Waals surface area contributed by atoms with Gasteiger partial charge in [-0.2, -0.15) is 0 Å². The molecule has 1 aromatic heterocycles. The average Bonchev–Trinajstić information content (AvgIpc) is 3.02. The van der Waals surface area contributed by atoms with E-state index in [0.717, 1.165) is 28.9 Å². The number of hydrogen-bond acceptors (Lipinski definition) is 3. The van der Waals surface area contributed by atoms with Gasteiger partial charge in [0.2, 0.25) is 0 Å². The van der Waals surface area contributed by atoms with E-state index in [1.807, 2.05) is 18.2 Å². The second-order valence-corrected chi connectivity index (χ2v) is 4.76. The summed E-state index contributed by atoms with van der Waals surface area (Å²) in [5.74, 6) is 0. The van der Waals surface area contributed by atoms with E-state index in [0.29, 0.717) is 5.39 Å². The number of nitrogens with zero attached hydrogens (tertiary/aromatic N) is 1. The van der Waals surface area contributed by atoms with Crippen molar-refractivity contribution in [2.24, 2.45) is 0 Å². The van der Waals surface area contributed by atoms with E-state index in [1.165, 1.54) is 4.57 Å². The lowest BCUT2D eigenvalue weighted by molar-refractivity contribution is 0.700. The highest BCUT2D eigenvalue weighted by molar-refractivity contribution is 7.16. The molecule has 0 N–H and O–H groups in total. The van der Waals surface area contributed by atoms with E-state index in [-0.39, 0.29) is 16.5 Å². The summed E-state index contributed by atoms with van der Waals surface area (Å²) >= 11 is 1.16. The fourth-order valence-corrected chi connectivity index (χ4v) is 2.67. The molecule has 0 bridgehead atoms. The maximum absolute atomic E-state index is 12.0. The number of fused-ring (bicyclic) bond motifs is 1. The minimum atomic E-state index is -0.128. The molecule has 76 valence electrons. The molecule has 3 nitrogen and oxygen atoms in total. The van der Waals surface area contributed by atoms with Crippen molar-refractivity contribution in [1.29, 1.82) is 0 Å². The molecule has 0 saturated heterocycles. The highest BCUT2D eigenvalue weighted by atomic mass is 32.1. The zero-order chi connectivity index (χ0) is 10.4. The Labute approximate surface area is 89.6 Å². The second-order valence-electron chi connectivity index (χ2n) is 3.77. The van der Waals surface area contributed by atoms with Gasteiger partial charge in [-0.15, -0.1) is 0 Å². The van der Waals surface area contributed by atoms with E-state index < -0.39 is 0 Å². The van der Waals surface area contributed by atoms with Crippen LogP contribution in [0.15, 0.2) is 33.9 Å². The van der Waals surface area contributed by atoms with Crippen LogP contribution in [0.2, 0.25) is 0 Å². The standard InChI is InChI=1S/C11H9NO2S/c13-10-8-3-1-2-4-9(8)15-11(14)12(10)7-5-6-7/h1-4,7H,5-6H2. The second kappa shape index (κ2) is 3.03. The van der Waals surface area contributed by atoms with Crippen LogP contribution in [-0.2, 0) is 0 Å². The molecular formula is C11H9NO2S. The summed E-state index contributed by atoms with van der Waals surface area (Å²) in [5, 5.41) is 0.661. The lowest BCUT2D eigenvalue weighted by Crippen LogP contribution is -2.29. The van der Waals surface area contributed by atoms with Gasteiger partial charge >= 0.3 is 4.87 Å². The summed E-state index contributed by atoms with van der Waals surface area (Å²) in [6.07, 6.45) is 1.92. The molecule has 0 aliphatic heterocycles. The summed E-state index contributed by atoms with van der Waals surface area (Å²) in [6, 6.07) is 7.44. The molecule has 15 heavy (non-hydrogen) atoms. The van der Waals surface area contributed by atoms with E-state index >= 15 is 0 Å². The summed E-state index contributed by atoms with van der Waals surface area (Å²) < 4.78 is 2.19. The molecule has 1 aromatic carbocycles. The largest absolute Gasteiger partial charge is 0.310 e. The fourth-order valence-electron chi connectivity index (χ4n) is 1.74. The van der Waals surface area contributed by atoms with Crippen molar-refractivity contribution in [1.82, 2.24) is 4.57 Å². The third kappa shape index (κ3) is 1.33. The van der Waals surface area contributed by atoms with Crippen LogP contribution in [0, 0.1) is 0 Å². The lowest BCUT2D eigenvalue weighted by atomic mass is 10.3. The van der Waals surface area contributed by atoms with Crippen molar-refractivity contribution in [3.63, 3.8) is 0 Å². The highest BCUT2D eigenvalue weighted by Gasteiger charge is 2.27. The molecule has 0 atom stereocenters. The van der Waals surface area contributed by atoms with Gasteiger partial charge in [-0.3, -0.25) is 14.2 Å². The Morgan fingerprint density at radius 1 is 1.20 bits per heavy atom. The first kappa shape index (κ1) is 8.85. The Balaban J connectivity index is 2.47. The van der Waals surface area contributed by atoms with Crippen molar-refractivity contribution >= 4 is 21.4 Å². The maximum atomic E-state index is 12.0. The molecule has 1 heterocycles. The molecule has 0 unspecified atom stereocenters. The molecule has 2 aromatic rings. The van der Waals surface area contributed by atoms with Gasteiger partial charge in [-0.1, -0.05) is 23.5 Å². The van der Waals surface area contributed by atoms with Gasteiger partial charge in [0.1, 0.15) is 0 Å². The zero-order valence-electron chi connectivity index (χ0n) is 7.97. The quantitative estimate of drug-likeness (QED) is 0.733. The molecule has 0 radical (unpaired) electrons. The number of benzene rings is 1. The Bertz CT molecular complexity index is 637. The van der Waals surface area contributed by atoms with Gasteiger partial charge in [0, 0.05) is 10.7 Å². The van der Waals surface area contributed by atoms with E-state index in [9.17, 15) is 9.59 Å². The van der Waals surface area contributed by atoms with E-state index in [4.69, 9.17) is 0 Å². The lowest BCUT2D eigenvalue weighted by Gasteiger charge is -2.02. The minimum absolute atomic E-state index is 0.124. The van der Waals surface area contributed by atoms with Gasteiger partial charge in [-0.25, -0.2) is 0 Å². The van der Waals surface area contributed by atoms with Crippen molar-refractivity contribution in [3.05, 3.63) is 44.3 Å². The molecular weight excluding hydrogens is 210 g/mol. The van der Waals surface area contributed by atoms with Gasteiger partial charge in [-0.05, 0) is 25.0 Å². The topological polar surface area (TPSA) is 39.1 Å². The molecule has 0 spiro atoms. The summed E-state index contributed by atoms with van der Waals surface area (Å²) in [7, 11) is 0. The highest BCUT2D eigenvalue weighted by Crippen LogP contribution is 2.32. The normalized spacial score (nSPS) is 15.7. The Morgan fingerprint density at radius 2 is 1.93 bits per heavy atom. The molecule has 0 amide bonds. The summed E-state index contributed by atoms with van der Waals surface area (Å²) in [6.45, 7) is 0. The molecule has 1 aliphatic rings. The van der Waals surface area contributed by atoms with Gasteiger partial charge < -0.3 is 0 Å². The van der Waals surface area contributed by atoms with Crippen LogP contribution in [0.5, 0.6) is 0 Å². The monoisotopic (exact) mass is 219 g/mol. The first-order chi connectivity index (χ1) is 7.27. The third-order valence-corrected chi connectivity index (χ3v) is 3.59. The maximum Gasteiger partial charge on any atom is 0.310 e. The van der Waals surface area contributed by atoms with Crippen LogP contribution in [0.25, 0.3) is 10.1 Å².